The highest BCUT2D eigenvalue weighted by Gasteiger charge is 2.41. The molecule has 2 aliphatic rings. The van der Waals surface area contributed by atoms with Crippen LogP contribution < -0.4 is 10.6 Å². The van der Waals surface area contributed by atoms with Gasteiger partial charge in [0.1, 0.15) is 0 Å². The number of aliphatic hydroxyl groups is 1. The minimum atomic E-state index is -4.07. The van der Waals surface area contributed by atoms with E-state index in [9.17, 15) is 18.3 Å². The minimum absolute atomic E-state index is 0. The van der Waals surface area contributed by atoms with Crippen molar-refractivity contribution in [3.63, 3.8) is 0 Å². The van der Waals surface area contributed by atoms with Crippen LogP contribution in [-0.2, 0) is 0 Å². The molecular weight excluding hydrogens is 446 g/mol. The Morgan fingerprint density at radius 1 is 1.08 bits per heavy atom. The van der Waals surface area contributed by atoms with Gasteiger partial charge in [-0.2, -0.15) is 13.2 Å². The summed E-state index contributed by atoms with van der Waals surface area (Å²) in [6.45, 7) is 0.433. The Balaban J connectivity index is 0.00000312. The van der Waals surface area contributed by atoms with Crippen LogP contribution in [-0.4, -0.2) is 43.0 Å². The highest BCUT2D eigenvalue weighted by Crippen LogP contribution is 2.37. The van der Waals surface area contributed by atoms with Crippen LogP contribution in [0.15, 0.2) is 4.99 Å². The van der Waals surface area contributed by atoms with Gasteiger partial charge in [-0.3, -0.25) is 4.99 Å². The Morgan fingerprint density at radius 2 is 1.68 bits per heavy atom. The van der Waals surface area contributed by atoms with E-state index in [0.29, 0.717) is 31.3 Å². The molecule has 1 atom stereocenters. The molecule has 148 valence electrons. The van der Waals surface area contributed by atoms with Crippen LogP contribution in [0, 0.1) is 11.8 Å². The molecule has 0 aromatic carbocycles. The molecule has 0 spiro atoms. The van der Waals surface area contributed by atoms with Gasteiger partial charge in [0.05, 0.1) is 12.0 Å². The summed E-state index contributed by atoms with van der Waals surface area (Å²) in [4.78, 5) is 4.13. The van der Waals surface area contributed by atoms with Crippen molar-refractivity contribution < 1.29 is 18.3 Å². The lowest BCUT2D eigenvalue weighted by atomic mass is 9.85. The average Bonchev–Trinajstić information content (AvgIpc) is 2.58. The maximum Gasteiger partial charge on any atom is 0.391 e. The molecule has 0 saturated heterocycles. The van der Waals surface area contributed by atoms with Crippen molar-refractivity contribution in [1.29, 1.82) is 0 Å². The summed E-state index contributed by atoms with van der Waals surface area (Å²) in [5.74, 6) is -0.259. The molecule has 2 aliphatic carbocycles. The molecular formula is C17H31F3IN3O. The number of hydrogen-bond acceptors (Lipinski definition) is 2. The molecule has 25 heavy (non-hydrogen) atoms. The molecule has 0 heterocycles. The van der Waals surface area contributed by atoms with Crippen LogP contribution in [0.5, 0.6) is 0 Å². The smallest absolute Gasteiger partial charge is 0.391 e. The molecule has 2 rings (SSSR count). The summed E-state index contributed by atoms with van der Waals surface area (Å²) >= 11 is 0. The topological polar surface area (TPSA) is 56.7 Å². The van der Waals surface area contributed by atoms with E-state index in [4.69, 9.17) is 0 Å². The normalized spacial score (nSPS) is 27.3. The zero-order valence-corrected chi connectivity index (χ0v) is 17.1. The fraction of sp³-hybridized carbons (Fsp3) is 0.941. The molecule has 3 N–H and O–H groups in total. The number of guanidine groups is 1. The summed E-state index contributed by atoms with van der Waals surface area (Å²) in [6.07, 6.45) is 2.60. The summed E-state index contributed by atoms with van der Waals surface area (Å²) in [5.41, 5.74) is 0. The molecule has 0 amide bonds. The Morgan fingerprint density at radius 3 is 2.20 bits per heavy atom. The summed E-state index contributed by atoms with van der Waals surface area (Å²) in [7, 11) is 1.64. The molecule has 2 fully saturated rings. The lowest BCUT2D eigenvalue weighted by molar-refractivity contribution is -0.182. The second kappa shape index (κ2) is 10.8. The maximum absolute atomic E-state index is 12.7. The van der Waals surface area contributed by atoms with Gasteiger partial charge in [0.15, 0.2) is 5.96 Å². The van der Waals surface area contributed by atoms with Gasteiger partial charge in [-0.15, -0.1) is 24.0 Å². The zero-order valence-electron chi connectivity index (χ0n) is 14.8. The lowest BCUT2D eigenvalue weighted by Crippen LogP contribution is -2.48. The number of nitrogens with one attached hydrogen (secondary N) is 2. The Hall–Kier alpha value is -0.250. The van der Waals surface area contributed by atoms with E-state index in [1.165, 1.54) is 19.3 Å². The van der Waals surface area contributed by atoms with Crippen molar-refractivity contribution in [3.8, 4) is 0 Å². The molecule has 1 unspecified atom stereocenters. The first-order chi connectivity index (χ1) is 11.4. The van der Waals surface area contributed by atoms with Gasteiger partial charge in [0.2, 0.25) is 0 Å². The predicted octanol–water partition coefficient (Wildman–Crippen LogP) is 3.83. The molecule has 8 heteroatoms. The molecule has 4 nitrogen and oxygen atoms in total. The van der Waals surface area contributed by atoms with Crippen LogP contribution in [0.25, 0.3) is 0 Å². The van der Waals surface area contributed by atoms with Gasteiger partial charge in [0, 0.05) is 19.6 Å². The number of rotatable bonds is 4. The van der Waals surface area contributed by atoms with E-state index < -0.39 is 18.2 Å². The van der Waals surface area contributed by atoms with Crippen molar-refractivity contribution in [2.24, 2.45) is 16.8 Å². The van der Waals surface area contributed by atoms with Crippen molar-refractivity contribution in [2.75, 3.05) is 13.6 Å². The molecule has 0 aliphatic heterocycles. The maximum atomic E-state index is 12.7. The second-order valence-corrected chi connectivity index (χ2v) is 7.15. The number of halogens is 4. The van der Waals surface area contributed by atoms with E-state index in [1.54, 1.807) is 7.05 Å². The van der Waals surface area contributed by atoms with Crippen LogP contribution in [0.1, 0.15) is 57.8 Å². The highest BCUT2D eigenvalue weighted by atomic mass is 127. The van der Waals surface area contributed by atoms with E-state index in [-0.39, 0.29) is 42.9 Å². The Bertz CT molecular complexity index is 406. The van der Waals surface area contributed by atoms with E-state index in [0.717, 1.165) is 12.8 Å². The molecule has 2 saturated carbocycles. The SMILES string of the molecule is CN=C(NCC(O)C1CCCCC1)NC1CCC(C(F)(F)F)CC1.I. The van der Waals surface area contributed by atoms with E-state index in [1.807, 2.05) is 0 Å². The number of nitrogens with zero attached hydrogens (tertiary/aromatic N) is 1. The molecule has 0 aromatic heterocycles. The molecule has 0 bridgehead atoms. The van der Waals surface area contributed by atoms with E-state index >= 15 is 0 Å². The zero-order chi connectivity index (χ0) is 17.6. The quantitative estimate of drug-likeness (QED) is 0.328. The van der Waals surface area contributed by atoms with Crippen LogP contribution >= 0.6 is 24.0 Å². The lowest BCUT2D eigenvalue weighted by Gasteiger charge is -2.32. The second-order valence-electron chi connectivity index (χ2n) is 7.15. The van der Waals surface area contributed by atoms with Crippen molar-refractivity contribution in [3.05, 3.63) is 0 Å². The van der Waals surface area contributed by atoms with Gasteiger partial charge in [-0.25, -0.2) is 0 Å². The van der Waals surface area contributed by atoms with Gasteiger partial charge >= 0.3 is 6.18 Å². The third kappa shape index (κ3) is 7.48. The van der Waals surface area contributed by atoms with Crippen molar-refractivity contribution >= 4 is 29.9 Å². The fourth-order valence-electron chi connectivity index (χ4n) is 3.84. The first-order valence-electron chi connectivity index (χ1n) is 9.12. The number of hydrogen-bond donors (Lipinski definition) is 3. The number of aliphatic imine (C=N–C) groups is 1. The Kier molecular flexibility index (Phi) is 9.84. The third-order valence-electron chi connectivity index (χ3n) is 5.43. The van der Waals surface area contributed by atoms with Crippen molar-refractivity contribution in [2.45, 2.75) is 76.1 Å². The highest BCUT2D eigenvalue weighted by molar-refractivity contribution is 14.0. The molecule has 0 radical (unpaired) electrons. The standard InChI is InChI=1S/C17H30F3N3O.HI/c1-21-16(22-11-15(24)12-5-3-2-4-6-12)23-14-9-7-13(8-10-14)17(18,19)20;/h12-15,24H,2-11H2,1H3,(H2,21,22,23);1H. The largest absolute Gasteiger partial charge is 0.391 e. The monoisotopic (exact) mass is 477 g/mol. The van der Waals surface area contributed by atoms with Gasteiger partial charge < -0.3 is 15.7 Å². The molecule has 0 aromatic rings. The van der Waals surface area contributed by atoms with E-state index in [2.05, 4.69) is 15.6 Å². The first kappa shape index (κ1) is 22.8. The summed E-state index contributed by atoms with van der Waals surface area (Å²) in [5, 5.41) is 16.6. The van der Waals surface area contributed by atoms with Crippen LogP contribution in [0.4, 0.5) is 13.2 Å². The van der Waals surface area contributed by atoms with Gasteiger partial charge in [-0.05, 0) is 44.4 Å². The number of alkyl halides is 3. The first-order valence-corrected chi connectivity index (χ1v) is 9.12. The van der Waals surface area contributed by atoms with Crippen LogP contribution in [0.2, 0.25) is 0 Å². The minimum Gasteiger partial charge on any atom is -0.391 e. The Labute approximate surface area is 165 Å². The van der Waals surface area contributed by atoms with Gasteiger partial charge in [-0.1, -0.05) is 19.3 Å². The number of aliphatic hydroxyl groups excluding tert-OH is 1. The van der Waals surface area contributed by atoms with Crippen LogP contribution in [0.3, 0.4) is 0 Å². The summed E-state index contributed by atoms with van der Waals surface area (Å²) in [6, 6.07) is 0.0154. The predicted molar refractivity (Wildman–Crippen MR) is 104 cm³/mol. The van der Waals surface area contributed by atoms with Gasteiger partial charge in [0.25, 0.3) is 0 Å². The average molecular weight is 477 g/mol. The third-order valence-corrected chi connectivity index (χ3v) is 5.43. The summed E-state index contributed by atoms with van der Waals surface area (Å²) < 4.78 is 38.1. The van der Waals surface area contributed by atoms with Crippen molar-refractivity contribution in [1.82, 2.24) is 10.6 Å². The fourth-order valence-corrected chi connectivity index (χ4v) is 3.84.